The first kappa shape index (κ1) is 11.3. The van der Waals surface area contributed by atoms with Gasteiger partial charge in [-0.3, -0.25) is 0 Å². The molecular weight excluding hydrogens is 200 g/mol. The predicted octanol–water partition coefficient (Wildman–Crippen LogP) is 3.78. The maximum atomic E-state index is 5.36. The highest BCUT2D eigenvalue weighted by atomic mass is 16.7. The third-order valence-electron chi connectivity index (χ3n) is 2.83. The van der Waals surface area contributed by atoms with Crippen molar-refractivity contribution in [2.24, 2.45) is 5.41 Å². The van der Waals surface area contributed by atoms with Gasteiger partial charge >= 0.3 is 0 Å². The van der Waals surface area contributed by atoms with Crippen molar-refractivity contribution in [2.75, 3.05) is 6.79 Å². The highest BCUT2D eigenvalue weighted by Crippen LogP contribution is 2.33. The standard InChI is InChI=1S/C14H20O2/c1-14(2,3)8-4-5-11-6-7-12-13(9-11)16-10-15-12/h6-7,9H,4-5,8,10H2,1-3H3. The van der Waals surface area contributed by atoms with Crippen LogP contribution < -0.4 is 9.47 Å². The topological polar surface area (TPSA) is 18.5 Å². The molecule has 1 aliphatic heterocycles. The molecule has 2 heteroatoms. The van der Waals surface area contributed by atoms with Crippen molar-refractivity contribution in [3.05, 3.63) is 23.8 Å². The Bertz CT molecular complexity index is 363. The van der Waals surface area contributed by atoms with Crippen molar-refractivity contribution >= 4 is 0 Å². The molecule has 0 atom stereocenters. The second kappa shape index (κ2) is 4.36. The summed E-state index contributed by atoms with van der Waals surface area (Å²) in [5.74, 6) is 1.77. The van der Waals surface area contributed by atoms with Gasteiger partial charge in [0.05, 0.1) is 0 Å². The smallest absolute Gasteiger partial charge is 0.231 e. The first-order valence-electron chi connectivity index (χ1n) is 5.93. The number of aryl methyl sites for hydroxylation is 1. The van der Waals surface area contributed by atoms with Gasteiger partial charge in [0.1, 0.15) is 0 Å². The Labute approximate surface area is 97.6 Å². The summed E-state index contributed by atoms with van der Waals surface area (Å²) < 4.78 is 10.7. The van der Waals surface area contributed by atoms with Gasteiger partial charge in [-0.25, -0.2) is 0 Å². The minimum absolute atomic E-state index is 0.362. The number of hydrogen-bond donors (Lipinski definition) is 0. The summed E-state index contributed by atoms with van der Waals surface area (Å²) in [4.78, 5) is 0. The van der Waals surface area contributed by atoms with E-state index >= 15 is 0 Å². The molecule has 2 rings (SSSR count). The van der Waals surface area contributed by atoms with E-state index in [1.807, 2.05) is 6.07 Å². The van der Waals surface area contributed by atoms with Crippen molar-refractivity contribution in [1.82, 2.24) is 0 Å². The molecule has 0 saturated carbocycles. The van der Waals surface area contributed by atoms with Gasteiger partial charge < -0.3 is 9.47 Å². The first-order chi connectivity index (χ1) is 7.54. The van der Waals surface area contributed by atoms with Crippen LogP contribution in [0.3, 0.4) is 0 Å². The van der Waals surface area contributed by atoms with E-state index in [0.29, 0.717) is 12.2 Å². The summed E-state index contributed by atoms with van der Waals surface area (Å²) in [6.45, 7) is 7.21. The van der Waals surface area contributed by atoms with E-state index in [-0.39, 0.29) is 0 Å². The highest BCUT2D eigenvalue weighted by molar-refractivity contribution is 5.44. The number of ether oxygens (including phenoxy) is 2. The molecule has 1 heterocycles. The first-order valence-corrected chi connectivity index (χ1v) is 5.93. The lowest BCUT2D eigenvalue weighted by Gasteiger charge is -2.17. The second-order valence-electron chi connectivity index (χ2n) is 5.60. The predicted molar refractivity (Wildman–Crippen MR) is 65.0 cm³/mol. The minimum atomic E-state index is 0.362. The molecular formula is C14H20O2. The van der Waals surface area contributed by atoms with Gasteiger partial charge in [-0.1, -0.05) is 26.8 Å². The molecule has 1 aromatic carbocycles. The minimum Gasteiger partial charge on any atom is -0.454 e. The van der Waals surface area contributed by atoms with Crippen molar-refractivity contribution in [3.8, 4) is 11.5 Å². The Hall–Kier alpha value is -1.18. The summed E-state index contributed by atoms with van der Waals surface area (Å²) in [7, 11) is 0. The number of rotatable bonds is 3. The van der Waals surface area contributed by atoms with Gasteiger partial charge in [0.25, 0.3) is 0 Å². The van der Waals surface area contributed by atoms with E-state index in [0.717, 1.165) is 17.9 Å². The van der Waals surface area contributed by atoms with Gasteiger partial charge in [0.15, 0.2) is 11.5 Å². The molecule has 0 radical (unpaired) electrons. The van der Waals surface area contributed by atoms with Crippen LogP contribution in [0.5, 0.6) is 11.5 Å². The van der Waals surface area contributed by atoms with E-state index in [9.17, 15) is 0 Å². The molecule has 0 spiro atoms. The highest BCUT2D eigenvalue weighted by Gasteiger charge is 2.14. The van der Waals surface area contributed by atoms with Crippen LogP contribution in [-0.2, 0) is 6.42 Å². The Morgan fingerprint density at radius 2 is 1.88 bits per heavy atom. The molecule has 16 heavy (non-hydrogen) atoms. The Morgan fingerprint density at radius 1 is 1.12 bits per heavy atom. The van der Waals surface area contributed by atoms with Crippen molar-refractivity contribution in [2.45, 2.75) is 40.0 Å². The fourth-order valence-corrected chi connectivity index (χ4v) is 1.92. The molecule has 0 bridgehead atoms. The molecule has 0 N–H and O–H groups in total. The molecule has 0 fully saturated rings. The lowest BCUT2D eigenvalue weighted by molar-refractivity contribution is 0.174. The quantitative estimate of drug-likeness (QED) is 0.771. The summed E-state index contributed by atoms with van der Waals surface area (Å²) in [5, 5.41) is 0. The maximum Gasteiger partial charge on any atom is 0.231 e. The molecule has 0 amide bonds. The van der Waals surface area contributed by atoms with Crippen molar-refractivity contribution < 1.29 is 9.47 Å². The summed E-state index contributed by atoms with van der Waals surface area (Å²) in [6.07, 6.45) is 3.60. The van der Waals surface area contributed by atoms with Crippen LogP contribution in [-0.4, -0.2) is 6.79 Å². The summed E-state index contributed by atoms with van der Waals surface area (Å²) in [5.41, 5.74) is 1.77. The molecule has 2 nitrogen and oxygen atoms in total. The molecule has 1 aromatic rings. The van der Waals surface area contributed by atoms with E-state index in [1.54, 1.807) is 0 Å². The summed E-state index contributed by atoms with van der Waals surface area (Å²) in [6, 6.07) is 6.25. The van der Waals surface area contributed by atoms with Crippen LogP contribution in [0, 0.1) is 5.41 Å². The van der Waals surface area contributed by atoms with Crippen LogP contribution in [0.1, 0.15) is 39.2 Å². The molecule has 0 aliphatic carbocycles. The van der Waals surface area contributed by atoms with Gasteiger partial charge in [0.2, 0.25) is 6.79 Å². The van der Waals surface area contributed by atoms with Gasteiger partial charge in [0, 0.05) is 0 Å². The van der Waals surface area contributed by atoms with Crippen LogP contribution in [0.4, 0.5) is 0 Å². The molecule has 88 valence electrons. The monoisotopic (exact) mass is 220 g/mol. The Kier molecular flexibility index (Phi) is 3.08. The zero-order valence-electron chi connectivity index (χ0n) is 10.4. The van der Waals surface area contributed by atoms with Crippen molar-refractivity contribution in [3.63, 3.8) is 0 Å². The molecule has 1 aliphatic rings. The number of hydrogen-bond acceptors (Lipinski definition) is 2. The second-order valence-corrected chi connectivity index (χ2v) is 5.60. The fraction of sp³-hybridized carbons (Fsp3) is 0.571. The van der Waals surface area contributed by atoms with Gasteiger partial charge in [-0.05, 0) is 42.4 Å². The average molecular weight is 220 g/mol. The van der Waals surface area contributed by atoms with E-state index in [2.05, 4.69) is 32.9 Å². The van der Waals surface area contributed by atoms with E-state index < -0.39 is 0 Å². The van der Waals surface area contributed by atoms with Gasteiger partial charge in [-0.15, -0.1) is 0 Å². The van der Waals surface area contributed by atoms with Gasteiger partial charge in [-0.2, -0.15) is 0 Å². The maximum absolute atomic E-state index is 5.36. The third-order valence-corrected chi connectivity index (χ3v) is 2.83. The fourth-order valence-electron chi connectivity index (χ4n) is 1.92. The lowest BCUT2D eigenvalue weighted by atomic mass is 9.89. The number of benzene rings is 1. The lowest BCUT2D eigenvalue weighted by Crippen LogP contribution is -2.04. The van der Waals surface area contributed by atoms with Crippen LogP contribution in [0.25, 0.3) is 0 Å². The van der Waals surface area contributed by atoms with Crippen LogP contribution in [0.15, 0.2) is 18.2 Å². The largest absolute Gasteiger partial charge is 0.454 e. The molecule has 0 unspecified atom stereocenters. The molecule has 0 saturated heterocycles. The average Bonchev–Trinajstić information content (AvgIpc) is 2.62. The normalized spacial score (nSPS) is 14.2. The zero-order chi connectivity index (χ0) is 11.6. The molecule has 0 aromatic heterocycles. The zero-order valence-corrected chi connectivity index (χ0v) is 10.4. The van der Waals surface area contributed by atoms with Crippen LogP contribution in [0.2, 0.25) is 0 Å². The third kappa shape index (κ3) is 2.91. The van der Waals surface area contributed by atoms with E-state index in [1.165, 1.54) is 18.4 Å². The SMILES string of the molecule is CC(C)(C)CCCc1ccc2c(c1)OCO2. The van der Waals surface area contributed by atoms with Crippen LogP contribution >= 0.6 is 0 Å². The Balaban J connectivity index is 1.91. The Morgan fingerprint density at radius 3 is 2.62 bits per heavy atom. The van der Waals surface area contributed by atoms with Crippen molar-refractivity contribution in [1.29, 1.82) is 0 Å². The summed E-state index contributed by atoms with van der Waals surface area (Å²) >= 11 is 0. The van der Waals surface area contributed by atoms with E-state index in [4.69, 9.17) is 9.47 Å². The number of fused-ring (bicyclic) bond motifs is 1.